The SMILES string of the molecule is CCC1(N)N=C(Nc2ccc(S(=O)(=O)N3CCC(N4CCOCC4)CC3)c3c2OCC3)Nc2[nH]cc(C(F)(F)F)c21. The predicted molar refractivity (Wildman–Crippen MR) is 146 cm³/mol. The average molecular weight is 598 g/mol. The number of anilines is 2. The highest BCUT2D eigenvalue weighted by atomic mass is 32.2. The van der Waals surface area contributed by atoms with Gasteiger partial charge >= 0.3 is 6.18 Å². The Morgan fingerprint density at radius 2 is 1.90 bits per heavy atom. The maximum Gasteiger partial charge on any atom is 0.418 e. The first-order valence-corrected chi connectivity index (χ1v) is 15.3. The fraction of sp³-hybridized carbons (Fsp3) is 0.577. The summed E-state index contributed by atoms with van der Waals surface area (Å²) in [6, 6.07) is 3.50. The van der Waals surface area contributed by atoms with Gasteiger partial charge in [0.25, 0.3) is 0 Å². The Morgan fingerprint density at radius 1 is 1.17 bits per heavy atom. The number of rotatable bonds is 5. The van der Waals surface area contributed by atoms with Crippen molar-refractivity contribution in [3.63, 3.8) is 0 Å². The Balaban J connectivity index is 1.23. The molecule has 2 fully saturated rings. The lowest BCUT2D eigenvalue weighted by molar-refractivity contribution is -0.138. The van der Waals surface area contributed by atoms with Crippen LogP contribution < -0.4 is 21.1 Å². The van der Waals surface area contributed by atoms with Crippen molar-refractivity contribution in [1.82, 2.24) is 14.2 Å². The van der Waals surface area contributed by atoms with Crippen molar-refractivity contribution >= 4 is 27.5 Å². The minimum Gasteiger partial charge on any atom is -0.491 e. The molecule has 2 aromatic rings. The predicted octanol–water partition coefficient (Wildman–Crippen LogP) is 2.87. The maximum atomic E-state index is 13.7. The van der Waals surface area contributed by atoms with E-state index in [4.69, 9.17) is 15.2 Å². The molecule has 1 aromatic heterocycles. The molecule has 0 spiro atoms. The number of nitrogens with two attached hydrogens (primary N) is 1. The van der Waals surface area contributed by atoms with E-state index in [1.54, 1.807) is 23.4 Å². The van der Waals surface area contributed by atoms with E-state index in [9.17, 15) is 21.6 Å². The van der Waals surface area contributed by atoms with Gasteiger partial charge in [0, 0.05) is 56.0 Å². The van der Waals surface area contributed by atoms with Crippen molar-refractivity contribution < 1.29 is 31.1 Å². The van der Waals surface area contributed by atoms with E-state index in [1.165, 1.54) is 0 Å². The van der Waals surface area contributed by atoms with Crippen LogP contribution in [0.3, 0.4) is 0 Å². The third-order valence-electron chi connectivity index (χ3n) is 8.38. The number of morpholine rings is 1. The number of aromatic nitrogens is 1. The van der Waals surface area contributed by atoms with Gasteiger partial charge in [-0.1, -0.05) is 6.92 Å². The summed E-state index contributed by atoms with van der Waals surface area (Å²) in [6.45, 7) is 6.00. The fourth-order valence-corrected chi connectivity index (χ4v) is 7.89. The molecule has 11 nitrogen and oxygen atoms in total. The molecule has 0 amide bonds. The summed E-state index contributed by atoms with van der Waals surface area (Å²) in [5.74, 6) is 0.596. The van der Waals surface area contributed by atoms with Crippen LogP contribution in [0.15, 0.2) is 28.2 Å². The first-order valence-electron chi connectivity index (χ1n) is 13.8. The van der Waals surface area contributed by atoms with E-state index in [2.05, 4.69) is 25.5 Å². The van der Waals surface area contributed by atoms with Crippen molar-refractivity contribution in [3.8, 4) is 5.75 Å². The molecule has 224 valence electrons. The quantitative estimate of drug-likeness (QED) is 0.413. The molecule has 0 aliphatic carbocycles. The minimum absolute atomic E-state index is 0.0939. The van der Waals surface area contributed by atoms with Crippen LogP contribution in [0, 0.1) is 0 Å². The number of aliphatic imine (C=N–C) groups is 1. The Hall–Kier alpha value is -2.85. The lowest BCUT2D eigenvalue weighted by atomic mass is 9.94. The van der Waals surface area contributed by atoms with E-state index in [1.807, 2.05) is 0 Å². The van der Waals surface area contributed by atoms with Crippen LogP contribution in [0.5, 0.6) is 5.75 Å². The van der Waals surface area contributed by atoms with Gasteiger partial charge in [0.2, 0.25) is 16.0 Å². The highest BCUT2D eigenvalue weighted by Crippen LogP contribution is 2.44. The van der Waals surface area contributed by atoms with Gasteiger partial charge in [-0.25, -0.2) is 13.4 Å². The third kappa shape index (κ3) is 5.07. The highest BCUT2D eigenvalue weighted by Gasteiger charge is 2.45. The molecule has 4 aliphatic rings. The Kier molecular flexibility index (Phi) is 7.21. The zero-order valence-corrected chi connectivity index (χ0v) is 23.5. The summed E-state index contributed by atoms with van der Waals surface area (Å²) in [5.41, 5.74) is 4.73. The van der Waals surface area contributed by atoms with Crippen molar-refractivity contribution in [2.45, 2.75) is 55.4 Å². The zero-order valence-electron chi connectivity index (χ0n) is 22.7. The van der Waals surface area contributed by atoms with Gasteiger partial charge in [0.05, 0.1) is 36.0 Å². The molecule has 6 rings (SSSR count). The van der Waals surface area contributed by atoms with Gasteiger partial charge in [0.1, 0.15) is 17.2 Å². The monoisotopic (exact) mass is 597 g/mol. The number of hydrogen-bond acceptors (Lipinski definition) is 9. The Morgan fingerprint density at radius 3 is 2.59 bits per heavy atom. The van der Waals surface area contributed by atoms with E-state index in [-0.39, 0.29) is 28.7 Å². The largest absolute Gasteiger partial charge is 0.491 e. The topological polar surface area (TPSA) is 137 Å². The molecule has 0 bridgehead atoms. The summed E-state index contributed by atoms with van der Waals surface area (Å²) in [6.07, 6.45) is -1.68. The smallest absolute Gasteiger partial charge is 0.418 e. The number of hydrogen-bond donors (Lipinski definition) is 4. The number of nitrogens with zero attached hydrogens (tertiary/aromatic N) is 3. The summed E-state index contributed by atoms with van der Waals surface area (Å²) < 4.78 is 81.2. The number of fused-ring (bicyclic) bond motifs is 2. The first-order chi connectivity index (χ1) is 19.5. The molecule has 0 saturated carbocycles. The van der Waals surface area contributed by atoms with Crippen LogP contribution in [0.4, 0.5) is 24.7 Å². The molecular weight excluding hydrogens is 563 g/mol. The maximum absolute atomic E-state index is 13.7. The molecule has 4 aliphatic heterocycles. The Labute approximate surface area is 236 Å². The Bertz CT molecular complexity index is 1450. The van der Waals surface area contributed by atoms with E-state index in [0.717, 1.165) is 32.1 Å². The fourth-order valence-electron chi connectivity index (χ4n) is 6.18. The molecule has 1 atom stereocenters. The highest BCUT2D eigenvalue weighted by molar-refractivity contribution is 7.89. The second-order valence-corrected chi connectivity index (χ2v) is 12.6. The van der Waals surface area contributed by atoms with E-state index in [0.29, 0.717) is 62.4 Å². The molecule has 1 aromatic carbocycles. The van der Waals surface area contributed by atoms with Crippen molar-refractivity contribution in [2.24, 2.45) is 10.7 Å². The van der Waals surface area contributed by atoms with Gasteiger partial charge in [-0.3, -0.25) is 4.90 Å². The second kappa shape index (κ2) is 10.5. The van der Waals surface area contributed by atoms with E-state index < -0.39 is 27.4 Å². The number of halogens is 3. The number of benzene rings is 1. The summed E-state index contributed by atoms with van der Waals surface area (Å²) in [4.78, 5) is 9.61. The van der Waals surface area contributed by atoms with Crippen LogP contribution >= 0.6 is 0 Å². The number of piperidine rings is 1. The van der Waals surface area contributed by atoms with Crippen LogP contribution in [0.2, 0.25) is 0 Å². The van der Waals surface area contributed by atoms with Gasteiger partial charge in [-0.15, -0.1) is 0 Å². The van der Waals surface area contributed by atoms with Crippen LogP contribution in [0.1, 0.15) is 42.9 Å². The number of H-pyrrole nitrogens is 1. The number of guanidine groups is 1. The lowest BCUT2D eigenvalue weighted by Crippen LogP contribution is -2.50. The van der Waals surface area contributed by atoms with Gasteiger partial charge in [-0.2, -0.15) is 17.5 Å². The first kappa shape index (κ1) is 28.3. The molecule has 41 heavy (non-hydrogen) atoms. The molecule has 0 radical (unpaired) electrons. The molecule has 2 saturated heterocycles. The number of nitrogens with one attached hydrogen (secondary N) is 3. The van der Waals surface area contributed by atoms with Crippen LogP contribution in [-0.2, 0) is 33.0 Å². The molecule has 5 heterocycles. The van der Waals surface area contributed by atoms with Crippen molar-refractivity contribution in [3.05, 3.63) is 35.0 Å². The standard InChI is InChI=1S/C26H34F3N7O4S/c1-2-25(30)21-18(26(27,28)29)15-31-23(21)33-24(34-25)32-19-3-4-20(17-7-12-40-22(17)19)41(37,38)36-8-5-16(6-9-36)35-10-13-39-14-11-35/h3-4,15-16,31H,2,5-14,30H2,1H3,(H2,32,33,34). The minimum atomic E-state index is -4.60. The van der Waals surface area contributed by atoms with Crippen molar-refractivity contribution in [2.75, 3.05) is 56.6 Å². The normalized spacial score (nSPS) is 24.3. The molecular formula is C26H34F3N7O4S. The summed E-state index contributed by atoms with van der Waals surface area (Å²) in [7, 11) is -3.76. The number of alkyl halides is 3. The second-order valence-electron chi connectivity index (χ2n) is 10.7. The van der Waals surface area contributed by atoms with Crippen molar-refractivity contribution in [1.29, 1.82) is 0 Å². The number of ether oxygens (including phenoxy) is 2. The van der Waals surface area contributed by atoms with E-state index >= 15 is 0 Å². The van der Waals surface area contributed by atoms with Crippen LogP contribution in [0.25, 0.3) is 0 Å². The summed E-state index contributed by atoms with van der Waals surface area (Å²) >= 11 is 0. The molecule has 1 unspecified atom stereocenters. The zero-order chi connectivity index (χ0) is 29.0. The van der Waals surface area contributed by atoms with Gasteiger partial charge in [-0.05, 0) is 31.4 Å². The summed E-state index contributed by atoms with van der Waals surface area (Å²) in [5, 5.41) is 5.92. The molecule has 15 heteroatoms. The third-order valence-corrected chi connectivity index (χ3v) is 10.4. The number of sulfonamides is 1. The molecule has 5 N–H and O–H groups in total. The van der Waals surface area contributed by atoms with Crippen LogP contribution in [-0.4, -0.2) is 80.6 Å². The van der Waals surface area contributed by atoms with Gasteiger partial charge < -0.3 is 30.8 Å². The van der Waals surface area contributed by atoms with Gasteiger partial charge in [0.15, 0.2) is 0 Å². The lowest BCUT2D eigenvalue weighted by Gasteiger charge is -2.39. The average Bonchev–Trinajstić information content (AvgIpc) is 3.62. The number of aromatic amines is 1.